The summed E-state index contributed by atoms with van der Waals surface area (Å²) in [6.07, 6.45) is 0. The number of hydrogen-bond donors (Lipinski definition) is 1. The minimum Gasteiger partial charge on any atom is -0.484 e. The lowest BCUT2D eigenvalue weighted by molar-refractivity contribution is 0.0697. The van der Waals surface area contributed by atoms with Gasteiger partial charge in [-0.05, 0) is 18.2 Å². The van der Waals surface area contributed by atoms with E-state index in [4.69, 9.17) is 26.0 Å². The van der Waals surface area contributed by atoms with Gasteiger partial charge in [-0.25, -0.2) is 4.79 Å². The highest BCUT2D eigenvalue weighted by atomic mass is 35.5. The maximum Gasteiger partial charge on any atom is 0.335 e. The second kappa shape index (κ2) is 5.73. The van der Waals surface area contributed by atoms with E-state index in [1.165, 1.54) is 18.2 Å². The zero-order valence-corrected chi connectivity index (χ0v) is 12.6. The van der Waals surface area contributed by atoms with Crippen molar-refractivity contribution in [2.24, 2.45) is 0 Å². The van der Waals surface area contributed by atoms with E-state index in [2.05, 4.69) is 10.1 Å². The third kappa shape index (κ3) is 3.72. The van der Waals surface area contributed by atoms with E-state index in [0.717, 1.165) is 0 Å². The molecule has 0 radical (unpaired) electrons. The van der Waals surface area contributed by atoms with Crippen LogP contribution < -0.4 is 4.74 Å². The SMILES string of the molecule is CC(C)(C)c1nc(COc2ccc(C(=O)O)cc2Cl)no1. The fraction of sp³-hybridized carbons (Fsp3) is 0.357. The number of rotatable bonds is 4. The lowest BCUT2D eigenvalue weighted by atomic mass is 9.97. The fourth-order valence-corrected chi connectivity index (χ4v) is 1.75. The molecule has 1 N–H and O–H groups in total. The Hall–Kier alpha value is -2.08. The van der Waals surface area contributed by atoms with Gasteiger partial charge in [-0.15, -0.1) is 0 Å². The van der Waals surface area contributed by atoms with Gasteiger partial charge in [-0.3, -0.25) is 0 Å². The van der Waals surface area contributed by atoms with Gasteiger partial charge in [0, 0.05) is 5.41 Å². The molecule has 0 aliphatic heterocycles. The summed E-state index contributed by atoms with van der Waals surface area (Å²) < 4.78 is 10.6. The molecule has 6 nitrogen and oxygen atoms in total. The molecule has 7 heteroatoms. The van der Waals surface area contributed by atoms with Crippen molar-refractivity contribution in [1.82, 2.24) is 10.1 Å². The van der Waals surface area contributed by atoms with Crippen molar-refractivity contribution < 1.29 is 19.2 Å². The summed E-state index contributed by atoms with van der Waals surface area (Å²) in [6, 6.07) is 4.24. The molecule has 112 valence electrons. The number of nitrogens with zero attached hydrogens (tertiary/aromatic N) is 2. The van der Waals surface area contributed by atoms with Gasteiger partial charge in [-0.2, -0.15) is 4.98 Å². The first-order valence-electron chi connectivity index (χ1n) is 6.26. The Labute approximate surface area is 126 Å². The van der Waals surface area contributed by atoms with E-state index in [1.54, 1.807) is 0 Å². The predicted molar refractivity (Wildman–Crippen MR) is 75.7 cm³/mol. The van der Waals surface area contributed by atoms with Gasteiger partial charge in [0.05, 0.1) is 10.6 Å². The van der Waals surface area contributed by atoms with E-state index in [1.807, 2.05) is 20.8 Å². The number of hydrogen-bond acceptors (Lipinski definition) is 5. The van der Waals surface area contributed by atoms with Crippen LogP contribution >= 0.6 is 11.6 Å². The van der Waals surface area contributed by atoms with Crippen molar-refractivity contribution in [1.29, 1.82) is 0 Å². The molecule has 1 aromatic heterocycles. The summed E-state index contributed by atoms with van der Waals surface area (Å²) >= 11 is 5.96. The number of carboxylic acids is 1. The Morgan fingerprint density at radius 2 is 2.14 bits per heavy atom. The Balaban J connectivity index is 2.06. The van der Waals surface area contributed by atoms with Crippen LogP contribution in [-0.4, -0.2) is 21.2 Å². The Morgan fingerprint density at radius 3 is 2.67 bits per heavy atom. The van der Waals surface area contributed by atoms with Gasteiger partial charge >= 0.3 is 5.97 Å². The molecule has 0 spiro atoms. The second-order valence-corrected chi connectivity index (χ2v) is 5.91. The minimum atomic E-state index is -1.04. The summed E-state index contributed by atoms with van der Waals surface area (Å²) in [5.41, 5.74) is -0.131. The van der Waals surface area contributed by atoms with E-state index in [9.17, 15) is 4.79 Å². The number of aromatic carboxylic acids is 1. The third-order valence-corrected chi connectivity index (χ3v) is 2.94. The summed E-state index contributed by atoms with van der Waals surface area (Å²) in [5, 5.41) is 12.9. The lowest BCUT2D eigenvalue weighted by Gasteiger charge is -2.10. The average molecular weight is 311 g/mol. The average Bonchev–Trinajstić information content (AvgIpc) is 2.85. The number of aromatic nitrogens is 2. The number of carboxylic acid groups (broad SMARTS) is 1. The van der Waals surface area contributed by atoms with E-state index >= 15 is 0 Å². The van der Waals surface area contributed by atoms with Crippen LogP contribution in [0.25, 0.3) is 0 Å². The maximum atomic E-state index is 10.8. The molecule has 0 unspecified atom stereocenters. The summed E-state index contributed by atoms with van der Waals surface area (Å²) in [7, 11) is 0. The topological polar surface area (TPSA) is 85.5 Å². The molecule has 0 saturated heterocycles. The zero-order chi connectivity index (χ0) is 15.6. The van der Waals surface area contributed by atoms with Gasteiger partial charge in [0.2, 0.25) is 11.7 Å². The van der Waals surface area contributed by atoms with Crippen LogP contribution in [0.3, 0.4) is 0 Å². The molecule has 1 aromatic carbocycles. The third-order valence-electron chi connectivity index (χ3n) is 2.65. The minimum absolute atomic E-state index is 0.0890. The molecular formula is C14H15ClN2O4. The highest BCUT2D eigenvalue weighted by Gasteiger charge is 2.21. The molecule has 0 atom stereocenters. The first-order chi connectivity index (χ1) is 9.77. The zero-order valence-electron chi connectivity index (χ0n) is 11.9. The first kappa shape index (κ1) is 15.3. The highest BCUT2D eigenvalue weighted by molar-refractivity contribution is 6.32. The van der Waals surface area contributed by atoms with Crippen molar-refractivity contribution in [2.45, 2.75) is 32.8 Å². The van der Waals surface area contributed by atoms with E-state index in [-0.39, 0.29) is 22.6 Å². The van der Waals surface area contributed by atoms with Crippen molar-refractivity contribution in [3.63, 3.8) is 0 Å². The van der Waals surface area contributed by atoms with E-state index < -0.39 is 5.97 Å². The van der Waals surface area contributed by atoms with Gasteiger partial charge in [0.25, 0.3) is 0 Å². The molecule has 0 saturated carbocycles. The van der Waals surface area contributed by atoms with Crippen molar-refractivity contribution in [2.75, 3.05) is 0 Å². The van der Waals surface area contributed by atoms with Crippen molar-refractivity contribution in [3.8, 4) is 5.75 Å². The van der Waals surface area contributed by atoms with Crippen LogP contribution in [0.15, 0.2) is 22.7 Å². The quantitative estimate of drug-likeness (QED) is 0.932. The van der Waals surface area contributed by atoms with Crippen LogP contribution in [0.5, 0.6) is 5.75 Å². The maximum absolute atomic E-state index is 10.8. The van der Waals surface area contributed by atoms with Gasteiger partial charge in [-0.1, -0.05) is 37.5 Å². The molecule has 0 fully saturated rings. The normalized spacial score (nSPS) is 11.4. The highest BCUT2D eigenvalue weighted by Crippen LogP contribution is 2.26. The first-order valence-corrected chi connectivity index (χ1v) is 6.64. The van der Waals surface area contributed by atoms with Gasteiger partial charge in [0.1, 0.15) is 5.75 Å². The van der Waals surface area contributed by atoms with Gasteiger partial charge < -0.3 is 14.4 Å². The Kier molecular flexibility index (Phi) is 4.18. The van der Waals surface area contributed by atoms with Crippen LogP contribution in [0.2, 0.25) is 5.02 Å². The van der Waals surface area contributed by atoms with E-state index in [0.29, 0.717) is 17.5 Å². The molecule has 21 heavy (non-hydrogen) atoms. The predicted octanol–water partition coefficient (Wildman–Crippen LogP) is 3.30. The molecule has 0 bridgehead atoms. The van der Waals surface area contributed by atoms with Crippen molar-refractivity contribution in [3.05, 3.63) is 40.5 Å². The number of benzene rings is 1. The molecular weight excluding hydrogens is 296 g/mol. The Morgan fingerprint density at radius 1 is 1.43 bits per heavy atom. The summed E-state index contributed by atoms with van der Waals surface area (Å²) in [6.45, 7) is 5.98. The van der Waals surface area contributed by atoms with Crippen molar-refractivity contribution >= 4 is 17.6 Å². The standard InChI is InChI=1S/C14H15ClN2O4/c1-14(2,3)13-16-11(17-21-13)7-20-10-5-4-8(12(18)19)6-9(10)15/h4-6H,7H2,1-3H3,(H,18,19). The largest absolute Gasteiger partial charge is 0.484 e. The molecule has 0 amide bonds. The Bertz CT molecular complexity index is 661. The number of carbonyl (C=O) groups is 1. The lowest BCUT2D eigenvalue weighted by Crippen LogP contribution is -2.11. The smallest absolute Gasteiger partial charge is 0.335 e. The second-order valence-electron chi connectivity index (χ2n) is 5.50. The van der Waals surface area contributed by atoms with Crippen LogP contribution in [0.4, 0.5) is 0 Å². The van der Waals surface area contributed by atoms with Crippen LogP contribution in [-0.2, 0) is 12.0 Å². The van der Waals surface area contributed by atoms with Gasteiger partial charge in [0.15, 0.2) is 6.61 Å². The fourth-order valence-electron chi connectivity index (χ4n) is 1.51. The number of halogens is 1. The van der Waals surface area contributed by atoms with Crippen LogP contribution in [0, 0.1) is 0 Å². The molecule has 2 aromatic rings. The monoisotopic (exact) mass is 310 g/mol. The molecule has 0 aliphatic rings. The molecule has 2 rings (SSSR count). The molecule has 1 heterocycles. The number of ether oxygens (including phenoxy) is 1. The summed E-state index contributed by atoms with van der Waals surface area (Å²) in [4.78, 5) is 15.0. The summed E-state index contributed by atoms with van der Waals surface area (Å²) in [5.74, 6) is 0.243. The molecule has 0 aliphatic carbocycles. The van der Waals surface area contributed by atoms with Crippen LogP contribution in [0.1, 0.15) is 42.8 Å².